The van der Waals surface area contributed by atoms with E-state index in [4.69, 9.17) is 0 Å². The van der Waals surface area contributed by atoms with Gasteiger partial charge in [-0.15, -0.1) is 11.3 Å². The van der Waals surface area contributed by atoms with Gasteiger partial charge in [0, 0.05) is 19.0 Å². The first-order valence-electron chi connectivity index (χ1n) is 7.79. The van der Waals surface area contributed by atoms with Crippen LogP contribution in [-0.2, 0) is 9.59 Å². The van der Waals surface area contributed by atoms with E-state index in [-0.39, 0.29) is 29.7 Å². The van der Waals surface area contributed by atoms with E-state index < -0.39 is 6.04 Å². The molecule has 1 aliphatic heterocycles. The van der Waals surface area contributed by atoms with Crippen molar-refractivity contribution in [3.8, 4) is 0 Å². The number of nitrogens with zero attached hydrogens (tertiary/aromatic N) is 1. The van der Waals surface area contributed by atoms with Crippen LogP contribution in [0.1, 0.15) is 36.4 Å². The molecule has 0 aromatic carbocycles. The molecule has 1 fully saturated rings. The molecule has 1 unspecified atom stereocenters. The fourth-order valence-electron chi connectivity index (χ4n) is 2.95. The Balaban J connectivity index is 1.98. The third-order valence-corrected chi connectivity index (χ3v) is 5.52. The van der Waals surface area contributed by atoms with Crippen molar-refractivity contribution in [1.29, 1.82) is 0 Å². The summed E-state index contributed by atoms with van der Waals surface area (Å²) >= 11 is 1.34. The maximum atomic E-state index is 12.3. The lowest BCUT2D eigenvalue weighted by Gasteiger charge is -2.31. The quantitative estimate of drug-likeness (QED) is 0.820. The molecule has 1 saturated heterocycles. The van der Waals surface area contributed by atoms with Crippen LogP contribution < -0.4 is 10.6 Å². The highest BCUT2D eigenvalue weighted by Gasteiger charge is 2.46. The van der Waals surface area contributed by atoms with Gasteiger partial charge in [0.15, 0.2) is 0 Å². The van der Waals surface area contributed by atoms with Crippen LogP contribution in [0.2, 0.25) is 0 Å². The summed E-state index contributed by atoms with van der Waals surface area (Å²) in [5.41, 5.74) is -0.247. The van der Waals surface area contributed by atoms with E-state index >= 15 is 0 Å². The van der Waals surface area contributed by atoms with Crippen molar-refractivity contribution in [1.82, 2.24) is 15.5 Å². The van der Waals surface area contributed by atoms with E-state index in [1.54, 1.807) is 19.2 Å². The second kappa shape index (κ2) is 7.12. The summed E-state index contributed by atoms with van der Waals surface area (Å²) < 4.78 is 0. The zero-order chi connectivity index (χ0) is 17.0. The van der Waals surface area contributed by atoms with Crippen LogP contribution in [0.4, 0.5) is 0 Å². The van der Waals surface area contributed by atoms with Crippen LogP contribution in [0.5, 0.6) is 0 Å². The Bertz CT molecular complexity index is 581. The first-order chi connectivity index (χ1) is 10.9. The zero-order valence-electron chi connectivity index (χ0n) is 13.7. The molecule has 3 amide bonds. The molecule has 2 rings (SSSR count). The maximum Gasteiger partial charge on any atom is 0.264 e. The summed E-state index contributed by atoms with van der Waals surface area (Å²) in [5.74, 6) is -0.650. The minimum Gasteiger partial charge on any atom is -0.354 e. The SMILES string of the molecule is CCC1(CC)CNC(=O)C1NC(=O)CN(C)C(=O)c1cccs1. The van der Waals surface area contributed by atoms with E-state index in [0.29, 0.717) is 11.4 Å². The van der Waals surface area contributed by atoms with Crippen molar-refractivity contribution >= 4 is 29.1 Å². The average molecular weight is 337 g/mol. The van der Waals surface area contributed by atoms with Crippen molar-refractivity contribution in [3.63, 3.8) is 0 Å². The Morgan fingerprint density at radius 3 is 2.70 bits per heavy atom. The molecule has 23 heavy (non-hydrogen) atoms. The van der Waals surface area contributed by atoms with E-state index in [2.05, 4.69) is 10.6 Å². The van der Waals surface area contributed by atoms with Gasteiger partial charge in [0.05, 0.1) is 11.4 Å². The van der Waals surface area contributed by atoms with Gasteiger partial charge in [-0.25, -0.2) is 0 Å². The smallest absolute Gasteiger partial charge is 0.264 e. The maximum absolute atomic E-state index is 12.3. The van der Waals surface area contributed by atoms with Crippen molar-refractivity contribution in [3.05, 3.63) is 22.4 Å². The van der Waals surface area contributed by atoms with Gasteiger partial charge in [-0.3, -0.25) is 14.4 Å². The van der Waals surface area contributed by atoms with E-state index in [1.165, 1.54) is 16.2 Å². The Kier molecular flexibility index (Phi) is 5.41. The highest BCUT2D eigenvalue weighted by atomic mass is 32.1. The normalized spacial score (nSPS) is 19.3. The number of carbonyl (C=O) groups is 3. The molecule has 1 atom stereocenters. The fraction of sp³-hybridized carbons (Fsp3) is 0.562. The molecule has 0 bridgehead atoms. The van der Waals surface area contributed by atoms with Gasteiger partial charge >= 0.3 is 0 Å². The standard InChI is InChI=1S/C16H23N3O3S/c1-4-16(5-2)10-17-14(21)13(16)18-12(20)9-19(3)15(22)11-7-6-8-23-11/h6-8,13H,4-5,9-10H2,1-3H3,(H,17,21)(H,18,20). The summed E-state index contributed by atoms with van der Waals surface area (Å²) in [5, 5.41) is 7.46. The summed E-state index contributed by atoms with van der Waals surface area (Å²) in [4.78, 5) is 38.4. The van der Waals surface area contributed by atoms with E-state index in [9.17, 15) is 14.4 Å². The van der Waals surface area contributed by atoms with Crippen molar-refractivity contribution < 1.29 is 14.4 Å². The molecule has 2 N–H and O–H groups in total. The monoisotopic (exact) mass is 337 g/mol. The van der Waals surface area contributed by atoms with E-state index in [1.807, 2.05) is 19.2 Å². The summed E-state index contributed by atoms with van der Waals surface area (Å²) in [6, 6.07) is 2.99. The molecule has 1 aromatic heterocycles. The molecule has 0 aliphatic carbocycles. The molecule has 0 spiro atoms. The van der Waals surface area contributed by atoms with Crippen LogP contribution >= 0.6 is 11.3 Å². The van der Waals surface area contributed by atoms with Gasteiger partial charge in [0.1, 0.15) is 6.04 Å². The Hall–Kier alpha value is -1.89. The van der Waals surface area contributed by atoms with Crippen molar-refractivity contribution in [2.75, 3.05) is 20.1 Å². The van der Waals surface area contributed by atoms with Crippen LogP contribution in [0.15, 0.2) is 17.5 Å². The van der Waals surface area contributed by atoms with Crippen LogP contribution in [-0.4, -0.2) is 48.8 Å². The zero-order valence-corrected chi connectivity index (χ0v) is 14.5. The molecule has 0 radical (unpaired) electrons. The molecular weight excluding hydrogens is 314 g/mol. The average Bonchev–Trinajstić information content (AvgIpc) is 3.17. The van der Waals surface area contributed by atoms with Crippen LogP contribution in [0.3, 0.4) is 0 Å². The largest absolute Gasteiger partial charge is 0.354 e. The summed E-state index contributed by atoms with van der Waals surface area (Å²) in [7, 11) is 1.59. The van der Waals surface area contributed by atoms with Crippen LogP contribution in [0, 0.1) is 5.41 Å². The lowest BCUT2D eigenvalue weighted by atomic mass is 9.77. The molecule has 7 heteroatoms. The number of rotatable bonds is 6. The van der Waals surface area contributed by atoms with Crippen molar-refractivity contribution in [2.24, 2.45) is 5.41 Å². The number of hydrogen-bond acceptors (Lipinski definition) is 4. The highest BCUT2D eigenvalue weighted by Crippen LogP contribution is 2.33. The molecule has 0 saturated carbocycles. The van der Waals surface area contributed by atoms with Crippen LogP contribution in [0.25, 0.3) is 0 Å². The molecule has 1 aromatic rings. The van der Waals surface area contributed by atoms with Gasteiger partial charge in [-0.2, -0.15) is 0 Å². The van der Waals surface area contributed by atoms with E-state index in [0.717, 1.165) is 12.8 Å². The third-order valence-electron chi connectivity index (χ3n) is 4.66. The van der Waals surface area contributed by atoms with Gasteiger partial charge in [0.2, 0.25) is 11.8 Å². The summed E-state index contributed by atoms with van der Waals surface area (Å²) in [6.07, 6.45) is 1.61. The molecular formula is C16H23N3O3S. The minimum absolute atomic E-state index is 0.0655. The second-order valence-electron chi connectivity index (χ2n) is 5.93. The molecule has 1 aliphatic rings. The second-order valence-corrected chi connectivity index (χ2v) is 6.87. The van der Waals surface area contributed by atoms with Gasteiger partial charge in [-0.05, 0) is 24.3 Å². The topological polar surface area (TPSA) is 78.5 Å². The number of thiophene rings is 1. The van der Waals surface area contributed by atoms with Gasteiger partial charge < -0.3 is 15.5 Å². The highest BCUT2D eigenvalue weighted by molar-refractivity contribution is 7.12. The number of amides is 3. The Morgan fingerprint density at radius 1 is 1.43 bits per heavy atom. The predicted octanol–water partition coefficient (Wildman–Crippen LogP) is 1.24. The third kappa shape index (κ3) is 3.55. The molecule has 6 nitrogen and oxygen atoms in total. The molecule has 126 valence electrons. The number of likely N-dealkylation sites (N-methyl/N-ethyl adjacent to an activating group) is 1. The van der Waals surface area contributed by atoms with Crippen molar-refractivity contribution in [2.45, 2.75) is 32.7 Å². The van der Waals surface area contributed by atoms with Gasteiger partial charge in [0.25, 0.3) is 5.91 Å². The predicted molar refractivity (Wildman–Crippen MR) is 89.2 cm³/mol. The van der Waals surface area contributed by atoms with Gasteiger partial charge in [-0.1, -0.05) is 19.9 Å². The lowest BCUT2D eigenvalue weighted by molar-refractivity contribution is -0.129. The number of carbonyl (C=O) groups excluding carboxylic acids is 3. The first kappa shape index (κ1) is 17.5. The Morgan fingerprint density at radius 2 is 2.13 bits per heavy atom. The number of nitrogens with one attached hydrogen (secondary N) is 2. The summed E-state index contributed by atoms with van der Waals surface area (Å²) in [6.45, 7) is 4.56. The first-order valence-corrected chi connectivity index (χ1v) is 8.67. The lowest BCUT2D eigenvalue weighted by Crippen LogP contribution is -2.51. The number of hydrogen-bond donors (Lipinski definition) is 2. The minimum atomic E-state index is -0.532. The molecule has 2 heterocycles. The fourth-order valence-corrected chi connectivity index (χ4v) is 3.67. The Labute approximate surface area is 140 Å².